The molecule has 0 unspecified atom stereocenters. The number of anilines is 1. The van der Waals surface area contributed by atoms with E-state index >= 15 is 0 Å². The Morgan fingerprint density at radius 1 is 0.941 bits per heavy atom. The Labute approximate surface area is 92.2 Å². The minimum Gasteiger partial charge on any atom is -0.398 e. The van der Waals surface area contributed by atoms with Gasteiger partial charge in [0, 0.05) is 12.2 Å². The van der Waals surface area contributed by atoms with Crippen molar-refractivity contribution >= 4 is 5.69 Å². The molecule has 0 bridgehead atoms. The lowest BCUT2D eigenvalue weighted by Crippen LogP contribution is -2.17. The van der Waals surface area contributed by atoms with Crippen molar-refractivity contribution in [1.29, 1.82) is 0 Å². The molecule has 0 saturated heterocycles. The van der Waals surface area contributed by atoms with E-state index in [1.165, 1.54) is 0 Å². The highest BCUT2D eigenvalue weighted by molar-refractivity contribution is 5.55. The zero-order valence-electron chi connectivity index (χ0n) is 8.28. The molecule has 2 nitrogen and oxygen atoms in total. The smallest absolute Gasteiger partial charge is 0.398 e. The first kappa shape index (κ1) is 13.6. The molecule has 0 amide bonds. The van der Waals surface area contributed by atoms with Gasteiger partial charge >= 0.3 is 12.4 Å². The van der Waals surface area contributed by atoms with E-state index < -0.39 is 41.3 Å². The van der Waals surface area contributed by atoms with Gasteiger partial charge in [-0.2, -0.15) is 26.3 Å². The normalized spacial score (nSPS) is 12.9. The molecule has 0 atom stereocenters. The van der Waals surface area contributed by atoms with Gasteiger partial charge in [-0.15, -0.1) is 0 Å². The summed E-state index contributed by atoms with van der Waals surface area (Å²) in [4.78, 5) is 0. The lowest BCUT2D eigenvalue weighted by Gasteiger charge is -2.17. The van der Waals surface area contributed by atoms with Crippen LogP contribution in [0.15, 0.2) is 12.1 Å². The van der Waals surface area contributed by atoms with Gasteiger partial charge in [-0.3, -0.25) is 0 Å². The Morgan fingerprint density at radius 3 is 1.82 bits per heavy atom. The Hall–Kier alpha value is -1.44. The zero-order chi connectivity index (χ0) is 13.4. The van der Waals surface area contributed by atoms with Crippen LogP contribution in [0.1, 0.15) is 16.7 Å². The van der Waals surface area contributed by atoms with E-state index in [1.54, 1.807) is 0 Å². The molecule has 0 spiro atoms. The number of hydrogen-bond acceptors (Lipinski definition) is 2. The van der Waals surface area contributed by atoms with Crippen molar-refractivity contribution in [2.75, 3.05) is 5.73 Å². The molecule has 96 valence electrons. The predicted molar refractivity (Wildman–Crippen MR) is 48.7 cm³/mol. The molecule has 0 aliphatic carbocycles. The number of alkyl halides is 6. The van der Waals surface area contributed by atoms with E-state index in [-0.39, 0.29) is 6.07 Å². The third kappa shape index (κ3) is 2.82. The molecule has 0 aliphatic heterocycles. The first-order valence-electron chi connectivity index (χ1n) is 4.34. The molecule has 0 fully saturated rings. The van der Waals surface area contributed by atoms with E-state index in [0.717, 1.165) is 0 Å². The second kappa shape index (κ2) is 4.10. The highest BCUT2D eigenvalue weighted by Gasteiger charge is 2.38. The molecule has 0 saturated carbocycles. The predicted octanol–water partition coefficient (Wildman–Crippen LogP) is 2.77. The highest BCUT2D eigenvalue weighted by Crippen LogP contribution is 2.40. The van der Waals surface area contributed by atoms with E-state index in [4.69, 9.17) is 11.5 Å². The number of hydrogen-bond donors (Lipinski definition) is 2. The largest absolute Gasteiger partial charge is 0.418 e. The van der Waals surface area contributed by atoms with Crippen LogP contribution in [0.3, 0.4) is 0 Å². The third-order valence-electron chi connectivity index (χ3n) is 2.08. The van der Waals surface area contributed by atoms with Gasteiger partial charge in [0.05, 0.1) is 11.1 Å². The van der Waals surface area contributed by atoms with Crippen LogP contribution in [0.4, 0.5) is 32.0 Å². The van der Waals surface area contributed by atoms with Gasteiger partial charge in [-0.05, 0) is 17.7 Å². The molecule has 1 aromatic rings. The number of nitrogens with two attached hydrogens (primary N) is 2. The van der Waals surface area contributed by atoms with Crippen molar-refractivity contribution in [3.8, 4) is 0 Å². The van der Waals surface area contributed by atoms with Crippen LogP contribution in [0, 0.1) is 0 Å². The summed E-state index contributed by atoms with van der Waals surface area (Å²) in [6, 6.07) is 0.612. The van der Waals surface area contributed by atoms with Crippen molar-refractivity contribution in [2.45, 2.75) is 18.9 Å². The fourth-order valence-corrected chi connectivity index (χ4v) is 1.40. The maximum absolute atomic E-state index is 12.5. The van der Waals surface area contributed by atoms with Crippen molar-refractivity contribution in [2.24, 2.45) is 5.73 Å². The first-order valence-corrected chi connectivity index (χ1v) is 4.34. The third-order valence-corrected chi connectivity index (χ3v) is 2.08. The molecular weight excluding hydrogens is 250 g/mol. The number of benzene rings is 1. The second-order valence-electron chi connectivity index (χ2n) is 3.30. The van der Waals surface area contributed by atoms with Crippen molar-refractivity contribution in [3.63, 3.8) is 0 Å². The summed E-state index contributed by atoms with van der Waals surface area (Å²) in [7, 11) is 0. The van der Waals surface area contributed by atoms with Gasteiger partial charge in [0.1, 0.15) is 0 Å². The molecule has 1 rings (SSSR count). The molecule has 0 aliphatic rings. The molecule has 1 aromatic carbocycles. The topological polar surface area (TPSA) is 52.0 Å². The molecule has 0 heterocycles. The van der Waals surface area contributed by atoms with Crippen LogP contribution in [0.25, 0.3) is 0 Å². The molecule has 4 N–H and O–H groups in total. The first-order chi connectivity index (χ1) is 7.57. The van der Waals surface area contributed by atoms with Gasteiger partial charge < -0.3 is 11.5 Å². The van der Waals surface area contributed by atoms with E-state index in [1.807, 2.05) is 0 Å². The van der Waals surface area contributed by atoms with Gasteiger partial charge in [0.2, 0.25) is 0 Å². The quantitative estimate of drug-likeness (QED) is 0.601. The number of rotatable bonds is 1. The van der Waals surface area contributed by atoms with Crippen molar-refractivity contribution in [1.82, 2.24) is 0 Å². The number of halogens is 6. The lowest BCUT2D eigenvalue weighted by atomic mass is 10.0. The SMILES string of the molecule is NCc1cc(C(F)(F)F)cc(N)c1C(F)(F)F. The molecular formula is C9H8F6N2. The summed E-state index contributed by atoms with van der Waals surface area (Å²) in [5.41, 5.74) is 5.80. The van der Waals surface area contributed by atoms with Gasteiger partial charge in [0.25, 0.3) is 0 Å². The van der Waals surface area contributed by atoms with Gasteiger partial charge in [-0.1, -0.05) is 0 Å². The van der Waals surface area contributed by atoms with Crippen LogP contribution in [-0.2, 0) is 18.9 Å². The second-order valence-corrected chi connectivity index (χ2v) is 3.30. The minimum atomic E-state index is -4.83. The summed E-state index contributed by atoms with van der Waals surface area (Å²) in [5, 5.41) is 0. The summed E-state index contributed by atoms with van der Waals surface area (Å²) in [6.07, 6.45) is -9.59. The van der Waals surface area contributed by atoms with Gasteiger partial charge in [0.15, 0.2) is 0 Å². The molecule has 0 radical (unpaired) electrons. The van der Waals surface area contributed by atoms with Crippen molar-refractivity contribution < 1.29 is 26.3 Å². The maximum atomic E-state index is 12.5. The summed E-state index contributed by atoms with van der Waals surface area (Å²) >= 11 is 0. The van der Waals surface area contributed by atoms with Crippen LogP contribution < -0.4 is 11.5 Å². The van der Waals surface area contributed by atoms with E-state index in [9.17, 15) is 26.3 Å². The average Bonchev–Trinajstić information content (AvgIpc) is 2.12. The molecule has 0 aromatic heterocycles. The Morgan fingerprint density at radius 2 is 1.47 bits per heavy atom. The molecule has 8 heteroatoms. The summed E-state index contributed by atoms with van der Waals surface area (Å²) < 4.78 is 74.5. The Kier molecular flexibility index (Phi) is 3.28. The van der Waals surface area contributed by atoms with Gasteiger partial charge in [-0.25, -0.2) is 0 Å². The van der Waals surface area contributed by atoms with Crippen LogP contribution in [0.5, 0.6) is 0 Å². The summed E-state index contributed by atoms with van der Waals surface area (Å²) in [5.74, 6) is 0. The van der Waals surface area contributed by atoms with Crippen molar-refractivity contribution in [3.05, 3.63) is 28.8 Å². The van der Waals surface area contributed by atoms with Crippen LogP contribution in [-0.4, -0.2) is 0 Å². The fraction of sp³-hybridized carbons (Fsp3) is 0.333. The Balaban J connectivity index is 3.47. The van der Waals surface area contributed by atoms with Crippen LogP contribution >= 0.6 is 0 Å². The standard InChI is InChI=1S/C9H8F6N2/c10-8(11,12)5-1-4(3-16)7(6(17)2-5)9(13,14)15/h1-2H,3,16-17H2. The zero-order valence-corrected chi connectivity index (χ0v) is 8.28. The van der Waals surface area contributed by atoms with E-state index in [0.29, 0.717) is 6.07 Å². The van der Waals surface area contributed by atoms with Crippen LogP contribution in [0.2, 0.25) is 0 Å². The summed E-state index contributed by atoms with van der Waals surface area (Å²) in [6.45, 7) is -0.678. The Bertz CT molecular complexity index is 421. The fourth-order valence-electron chi connectivity index (χ4n) is 1.40. The molecule has 17 heavy (non-hydrogen) atoms. The minimum absolute atomic E-state index is 0.252. The number of nitrogen functional groups attached to an aromatic ring is 1. The lowest BCUT2D eigenvalue weighted by molar-refractivity contribution is -0.141. The average molecular weight is 258 g/mol. The highest BCUT2D eigenvalue weighted by atomic mass is 19.4. The monoisotopic (exact) mass is 258 g/mol. The van der Waals surface area contributed by atoms with E-state index in [2.05, 4.69) is 0 Å². The maximum Gasteiger partial charge on any atom is 0.418 e.